The summed E-state index contributed by atoms with van der Waals surface area (Å²) in [5.74, 6) is 1.63. The molecule has 1 saturated carbocycles. The molecule has 0 unspecified atom stereocenters. The van der Waals surface area contributed by atoms with Gasteiger partial charge in [0.25, 0.3) is 0 Å². The highest BCUT2D eigenvalue weighted by Gasteiger charge is 2.27. The lowest BCUT2D eigenvalue weighted by atomic mass is 10.4. The molecule has 1 aromatic rings. The fourth-order valence-electron chi connectivity index (χ4n) is 1.09. The molecule has 1 aliphatic rings. The van der Waals surface area contributed by atoms with Crippen LogP contribution in [0.25, 0.3) is 0 Å². The maximum atomic E-state index is 8.58. The van der Waals surface area contributed by atoms with Gasteiger partial charge in [-0.1, -0.05) is 0 Å². The van der Waals surface area contributed by atoms with E-state index in [0.717, 1.165) is 23.9 Å². The van der Waals surface area contributed by atoms with Crippen molar-refractivity contribution < 1.29 is 5.11 Å². The van der Waals surface area contributed by atoms with Crippen molar-refractivity contribution in [2.75, 3.05) is 18.5 Å². The van der Waals surface area contributed by atoms with Crippen LogP contribution in [0.4, 0.5) is 5.13 Å². The number of nitrogens with zero attached hydrogens (tertiary/aromatic N) is 2. The van der Waals surface area contributed by atoms with E-state index in [1.165, 1.54) is 24.4 Å². The van der Waals surface area contributed by atoms with Crippen LogP contribution in [0, 0.1) is 0 Å². The fraction of sp³-hybridized carbons (Fsp3) is 0.750. The molecule has 0 atom stereocenters. The second-order valence-electron chi connectivity index (χ2n) is 3.24. The molecule has 2 rings (SSSR count). The Morgan fingerprint density at radius 3 is 3.08 bits per heavy atom. The predicted molar refractivity (Wildman–Crippen MR) is 52.1 cm³/mol. The van der Waals surface area contributed by atoms with Gasteiger partial charge in [-0.25, -0.2) is 4.98 Å². The number of rotatable bonds is 5. The summed E-state index contributed by atoms with van der Waals surface area (Å²) in [5, 5.41) is 12.6. The average Bonchev–Trinajstić information content (AvgIpc) is 2.88. The van der Waals surface area contributed by atoms with Crippen molar-refractivity contribution in [3.63, 3.8) is 0 Å². The van der Waals surface area contributed by atoms with E-state index < -0.39 is 0 Å². The number of hydrogen-bond donors (Lipinski definition) is 2. The maximum Gasteiger partial charge on any atom is 0.202 e. The number of aliphatic hydroxyl groups is 1. The van der Waals surface area contributed by atoms with Gasteiger partial charge in [0, 0.05) is 30.6 Å². The Kier molecular flexibility index (Phi) is 2.75. The molecule has 0 spiro atoms. The average molecular weight is 199 g/mol. The van der Waals surface area contributed by atoms with Crippen LogP contribution >= 0.6 is 11.5 Å². The van der Waals surface area contributed by atoms with E-state index in [2.05, 4.69) is 14.7 Å². The molecule has 2 N–H and O–H groups in total. The van der Waals surface area contributed by atoms with Crippen LogP contribution < -0.4 is 5.32 Å². The van der Waals surface area contributed by atoms with Crippen LogP contribution in [-0.2, 0) is 0 Å². The number of hydrogen-bond acceptors (Lipinski definition) is 5. The number of aliphatic hydroxyl groups excluding tert-OH is 1. The van der Waals surface area contributed by atoms with Gasteiger partial charge in [0.05, 0.1) is 0 Å². The van der Waals surface area contributed by atoms with Crippen molar-refractivity contribution in [3.8, 4) is 0 Å². The summed E-state index contributed by atoms with van der Waals surface area (Å²) in [6.45, 7) is 0.997. The van der Waals surface area contributed by atoms with Crippen LogP contribution in [0.5, 0.6) is 0 Å². The standard InChI is InChI=1S/C8H13N3OS/c12-5-1-4-9-8-10-7(11-13-8)6-2-3-6/h6,12H,1-5H2,(H,9,10,11). The molecule has 0 aromatic carbocycles. The van der Waals surface area contributed by atoms with Crippen LogP contribution in [0.15, 0.2) is 0 Å². The van der Waals surface area contributed by atoms with Crippen LogP contribution in [0.3, 0.4) is 0 Å². The molecule has 0 aliphatic heterocycles. The van der Waals surface area contributed by atoms with Gasteiger partial charge in [-0.3, -0.25) is 0 Å². The Labute approximate surface area is 81.2 Å². The quantitative estimate of drug-likeness (QED) is 0.700. The molecule has 13 heavy (non-hydrogen) atoms. The largest absolute Gasteiger partial charge is 0.396 e. The zero-order valence-electron chi connectivity index (χ0n) is 7.36. The van der Waals surface area contributed by atoms with Crippen molar-refractivity contribution >= 4 is 16.7 Å². The van der Waals surface area contributed by atoms with Crippen LogP contribution in [0.2, 0.25) is 0 Å². The van der Waals surface area contributed by atoms with Gasteiger partial charge >= 0.3 is 0 Å². The molecule has 0 radical (unpaired) electrons. The predicted octanol–water partition coefficient (Wildman–Crippen LogP) is 1.21. The Hall–Kier alpha value is -0.680. The van der Waals surface area contributed by atoms with E-state index in [9.17, 15) is 0 Å². The summed E-state index contributed by atoms with van der Waals surface area (Å²) >= 11 is 1.41. The van der Waals surface area contributed by atoms with Gasteiger partial charge in [0.2, 0.25) is 5.13 Å². The molecule has 4 nitrogen and oxygen atoms in total. The lowest BCUT2D eigenvalue weighted by Crippen LogP contribution is -2.02. The smallest absolute Gasteiger partial charge is 0.202 e. The normalized spacial score (nSPS) is 16.1. The molecular formula is C8H13N3OS. The summed E-state index contributed by atoms with van der Waals surface area (Å²) in [4.78, 5) is 4.36. The molecule has 1 fully saturated rings. The van der Waals surface area contributed by atoms with E-state index in [-0.39, 0.29) is 6.61 Å². The highest BCUT2D eigenvalue weighted by atomic mass is 32.1. The monoisotopic (exact) mass is 199 g/mol. The van der Waals surface area contributed by atoms with Gasteiger partial charge in [-0.05, 0) is 19.3 Å². The van der Waals surface area contributed by atoms with Gasteiger partial charge in [-0.2, -0.15) is 4.37 Å². The van der Waals surface area contributed by atoms with Crippen molar-refractivity contribution in [3.05, 3.63) is 5.82 Å². The first-order chi connectivity index (χ1) is 6.40. The zero-order valence-corrected chi connectivity index (χ0v) is 8.18. The maximum absolute atomic E-state index is 8.58. The van der Waals surface area contributed by atoms with Gasteiger partial charge in [0.1, 0.15) is 5.82 Å². The zero-order chi connectivity index (χ0) is 9.10. The van der Waals surface area contributed by atoms with E-state index in [1.54, 1.807) is 0 Å². The first-order valence-corrected chi connectivity index (χ1v) is 5.36. The molecule has 0 bridgehead atoms. The minimum atomic E-state index is 0.223. The minimum Gasteiger partial charge on any atom is -0.396 e. The van der Waals surface area contributed by atoms with Gasteiger partial charge in [0.15, 0.2) is 0 Å². The summed E-state index contributed by atoms with van der Waals surface area (Å²) in [6.07, 6.45) is 3.25. The van der Waals surface area contributed by atoms with E-state index in [4.69, 9.17) is 5.11 Å². The Morgan fingerprint density at radius 1 is 1.54 bits per heavy atom. The van der Waals surface area contributed by atoms with E-state index in [1.807, 2.05) is 0 Å². The van der Waals surface area contributed by atoms with Crippen molar-refractivity contribution in [1.82, 2.24) is 9.36 Å². The van der Waals surface area contributed by atoms with Gasteiger partial charge < -0.3 is 10.4 Å². The molecule has 0 saturated heterocycles. The van der Waals surface area contributed by atoms with E-state index >= 15 is 0 Å². The third-order valence-corrected chi connectivity index (χ3v) is 2.68. The van der Waals surface area contributed by atoms with Crippen molar-refractivity contribution in [1.29, 1.82) is 0 Å². The topological polar surface area (TPSA) is 58.0 Å². The second-order valence-corrected chi connectivity index (χ2v) is 3.99. The van der Waals surface area contributed by atoms with Crippen LogP contribution in [0.1, 0.15) is 31.0 Å². The molecule has 1 aliphatic carbocycles. The number of anilines is 1. The summed E-state index contributed by atoms with van der Waals surface area (Å²) in [5.41, 5.74) is 0. The minimum absolute atomic E-state index is 0.223. The molecule has 5 heteroatoms. The SMILES string of the molecule is OCCCNc1nc(C2CC2)ns1. The first-order valence-electron chi connectivity index (χ1n) is 4.58. The van der Waals surface area contributed by atoms with Gasteiger partial charge in [-0.15, -0.1) is 0 Å². The lowest BCUT2D eigenvalue weighted by Gasteiger charge is -1.97. The second kappa shape index (κ2) is 4.02. The fourth-order valence-corrected chi connectivity index (χ4v) is 1.76. The summed E-state index contributed by atoms with van der Waals surface area (Å²) in [6, 6.07) is 0. The number of aromatic nitrogens is 2. The summed E-state index contributed by atoms with van der Waals surface area (Å²) < 4.78 is 4.26. The lowest BCUT2D eigenvalue weighted by molar-refractivity contribution is 0.292. The highest BCUT2D eigenvalue weighted by Crippen LogP contribution is 2.39. The van der Waals surface area contributed by atoms with Crippen molar-refractivity contribution in [2.24, 2.45) is 0 Å². The first kappa shape index (κ1) is 8.90. The Balaban J connectivity index is 1.82. The molecule has 72 valence electrons. The highest BCUT2D eigenvalue weighted by molar-refractivity contribution is 7.09. The molecular weight excluding hydrogens is 186 g/mol. The Bertz CT molecular complexity index is 272. The Morgan fingerprint density at radius 2 is 2.38 bits per heavy atom. The van der Waals surface area contributed by atoms with Crippen molar-refractivity contribution in [2.45, 2.75) is 25.2 Å². The van der Waals surface area contributed by atoms with Crippen LogP contribution in [-0.4, -0.2) is 27.6 Å². The third kappa shape index (κ3) is 2.38. The molecule has 1 aromatic heterocycles. The summed E-state index contributed by atoms with van der Waals surface area (Å²) in [7, 11) is 0. The third-order valence-electron chi connectivity index (χ3n) is 2.00. The molecule has 1 heterocycles. The number of nitrogens with one attached hydrogen (secondary N) is 1. The molecule has 0 amide bonds. The van der Waals surface area contributed by atoms with E-state index in [0.29, 0.717) is 5.92 Å².